The Labute approximate surface area is 181 Å². The zero-order chi connectivity index (χ0) is 19.9. The molecule has 0 unspecified atom stereocenters. The molecule has 0 saturated carbocycles. The molecule has 0 saturated heterocycles. The highest BCUT2D eigenvalue weighted by molar-refractivity contribution is 8.00. The molecule has 2 aromatic heterocycles. The molecule has 0 aliphatic rings. The summed E-state index contributed by atoms with van der Waals surface area (Å²) in [5.41, 5.74) is 3.23. The monoisotopic (exact) mass is 441 g/mol. The molecule has 0 amide bonds. The van der Waals surface area contributed by atoms with Gasteiger partial charge in [-0.1, -0.05) is 53.4 Å². The van der Waals surface area contributed by atoms with Gasteiger partial charge in [-0.15, -0.1) is 21.5 Å². The largest absolute Gasteiger partial charge is 0.497 e. The first-order chi connectivity index (χ1) is 14.3. The number of methoxy groups -OCH3 is 1. The van der Waals surface area contributed by atoms with Crippen LogP contribution in [-0.2, 0) is 12.3 Å². The Kier molecular flexibility index (Phi) is 6.60. The Balaban J connectivity index is 1.26. The Morgan fingerprint density at radius 2 is 1.83 bits per heavy atom. The highest BCUT2D eigenvalue weighted by Crippen LogP contribution is 2.30. The maximum absolute atomic E-state index is 5.18. The maximum Gasteiger partial charge on any atom is 0.206 e. The Morgan fingerprint density at radius 3 is 2.62 bits per heavy atom. The fourth-order valence-electron chi connectivity index (χ4n) is 2.47. The van der Waals surface area contributed by atoms with Crippen LogP contribution < -0.4 is 15.4 Å². The van der Waals surface area contributed by atoms with Crippen LogP contribution in [0.3, 0.4) is 0 Å². The van der Waals surface area contributed by atoms with Crippen molar-refractivity contribution in [2.45, 2.75) is 16.6 Å². The summed E-state index contributed by atoms with van der Waals surface area (Å²) in [6.45, 7) is 0.698. The number of aromatic nitrogens is 3. The van der Waals surface area contributed by atoms with E-state index >= 15 is 0 Å². The number of thioether (sulfide) groups is 1. The van der Waals surface area contributed by atoms with Gasteiger partial charge in [0.1, 0.15) is 5.75 Å². The number of thiazole rings is 1. The Morgan fingerprint density at radius 1 is 1.00 bits per heavy atom. The van der Waals surface area contributed by atoms with Crippen molar-refractivity contribution in [2.75, 3.05) is 17.7 Å². The third-order valence-corrected chi connectivity index (χ3v) is 6.78. The highest BCUT2D eigenvalue weighted by atomic mass is 32.2. The summed E-state index contributed by atoms with van der Waals surface area (Å²) in [7, 11) is 1.67. The number of nitrogens with one attached hydrogen (secondary N) is 2. The molecule has 2 N–H and O–H groups in total. The van der Waals surface area contributed by atoms with Crippen LogP contribution in [0.4, 0.5) is 16.0 Å². The number of benzene rings is 2. The molecule has 2 heterocycles. The van der Waals surface area contributed by atoms with Crippen LogP contribution in [0.1, 0.15) is 11.3 Å². The van der Waals surface area contributed by atoms with Crippen LogP contribution in [0.2, 0.25) is 0 Å². The van der Waals surface area contributed by atoms with Gasteiger partial charge in [0.05, 0.1) is 12.8 Å². The fourth-order valence-corrected chi connectivity index (χ4v) is 4.95. The molecule has 0 bridgehead atoms. The van der Waals surface area contributed by atoms with E-state index in [0.29, 0.717) is 6.54 Å². The number of hydrogen-bond donors (Lipinski definition) is 2. The molecule has 4 aromatic rings. The third kappa shape index (κ3) is 5.69. The number of rotatable bonds is 9. The standard InChI is InChI=1S/C20H19N5OS3/c1-26-17-9-7-14(8-10-17)11-21-18-24-25-20(29-18)28-13-16-12-27-19(23-16)22-15-5-3-2-4-6-15/h2-10,12H,11,13H2,1H3,(H,21,24)(H,22,23). The molecule has 0 aliphatic heterocycles. The van der Waals surface area contributed by atoms with E-state index in [0.717, 1.165) is 43.0 Å². The van der Waals surface area contributed by atoms with Crippen molar-refractivity contribution in [2.24, 2.45) is 0 Å². The zero-order valence-electron chi connectivity index (χ0n) is 15.7. The Hall–Kier alpha value is -2.62. The number of nitrogens with zero attached hydrogens (tertiary/aromatic N) is 3. The van der Waals surface area contributed by atoms with Gasteiger partial charge in [-0.2, -0.15) is 0 Å². The smallest absolute Gasteiger partial charge is 0.206 e. The predicted octanol–water partition coefficient (Wildman–Crippen LogP) is 5.65. The van der Waals surface area contributed by atoms with E-state index in [-0.39, 0.29) is 0 Å². The van der Waals surface area contributed by atoms with Crippen molar-refractivity contribution in [1.82, 2.24) is 15.2 Å². The quantitative estimate of drug-likeness (QED) is 0.325. The lowest BCUT2D eigenvalue weighted by molar-refractivity contribution is 0.414. The van der Waals surface area contributed by atoms with Crippen molar-refractivity contribution >= 4 is 50.4 Å². The van der Waals surface area contributed by atoms with Gasteiger partial charge in [0.25, 0.3) is 0 Å². The second-order valence-electron chi connectivity index (χ2n) is 6.00. The minimum atomic E-state index is 0.698. The summed E-state index contributed by atoms with van der Waals surface area (Å²) >= 11 is 4.80. The van der Waals surface area contributed by atoms with E-state index in [1.807, 2.05) is 54.6 Å². The first-order valence-electron chi connectivity index (χ1n) is 8.88. The first kappa shape index (κ1) is 19.7. The number of hydrogen-bond acceptors (Lipinski definition) is 9. The van der Waals surface area contributed by atoms with Crippen molar-refractivity contribution in [3.8, 4) is 5.75 Å². The van der Waals surface area contributed by atoms with Gasteiger partial charge < -0.3 is 15.4 Å². The van der Waals surface area contributed by atoms with Gasteiger partial charge in [0.2, 0.25) is 5.13 Å². The maximum atomic E-state index is 5.18. The average Bonchev–Trinajstić information content (AvgIpc) is 3.41. The number of para-hydroxylation sites is 1. The van der Waals surface area contributed by atoms with Gasteiger partial charge in [-0.25, -0.2) is 4.98 Å². The van der Waals surface area contributed by atoms with E-state index in [2.05, 4.69) is 31.2 Å². The van der Waals surface area contributed by atoms with E-state index in [4.69, 9.17) is 4.74 Å². The lowest BCUT2D eigenvalue weighted by Gasteiger charge is -2.03. The summed E-state index contributed by atoms with van der Waals surface area (Å²) in [5.74, 6) is 1.62. The molecule has 0 atom stereocenters. The average molecular weight is 442 g/mol. The van der Waals surface area contributed by atoms with Crippen LogP contribution in [-0.4, -0.2) is 22.3 Å². The molecule has 0 fully saturated rings. The summed E-state index contributed by atoms with van der Waals surface area (Å²) in [5, 5.41) is 18.9. The molecule has 4 rings (SSSR count). The summed E-state index contributed by atoms with van der Waals surface area (Å²) in [6, 6.07) is 18.0. The van der Waals surface area contributed by atoms with Crippen LogP contribution in [0.25, 0.3) is 0 Å². The van der Waals surface area contributed by atoms with E-state index in [9.17, 15) is 0 Å². The lowest BCUT2D eigenvalue weighted by Crippen LogP contribution is -1.98. The molecule has 29 heavy (non-hydrogen) atoms. The van der Waals surface area contributed by atoms with Gasteiger partial charge in [0.15, 0.2) is 9.47 Å². The van der Waals surface area contributed by atoms with Gasteiger partial charge in [-0.05, 0) is 29.8 Å². The highest BCUT2D eigenvalue weighted by Gasteiger charge is 2.08. The minimum absolute atomic E-state index is 0.698. The molecule has 148 valence electrons. The number of anilines is 3. The second-order valence-corrected chi connectivity index (χ2v) is 9.06. The fraction of sp³-hybridized carbons (Fsp3) is 0.150. The molecule has 9 heteroatoms. The van der Waals surface area contributed by atoms with E-state index in [1.54, 1.807) is 41.5 Å². The van der Waals surface area contributed by atoms with Crippen molar-refractivity contribution in [1.29, 1.82) is 0 Å². The normalized spacial score (nSPS) is 10.7. The van der Waals surface area contributed by atoms with Gasteiger partial charge in [-0.3, -0.25) is 0 Å². The van der Waals surface area contributed by atoms with Gasteiger partial charge >= 0.3 is 0 Å². The molecule has 0 radical (unpaired) electrons. The zero-order valence-corrected chi connectivity index (χ0v) is 18.1. The molecule has 0 aliphatic carbocycles. The molecule has 2 aromatic carbocycles. The van der Waals surface area contributed by atoms with Crippen LogP contribution in [0.15, 0.2) is 64.3 Å². The summed E-state index contributed by atoms with van der Waals surface area (Å²) in [4.78, 5) is 4.63. The SMILES string of the molecule is COc1ccc(CNc2nnc(SCc3csc(Nc4ccccc4)n3)s2)cc1. The topological polar surface area (TPSA) is 72.0 Å². The van der Waals surface area contributed by atoms with Gasteiger partial charge in [0, 0.05) is 23.4 Å². The summed E-state index contributed by atoms with van der Waals surface area (Å²) in [6.07, 6.45) is 0. The first-order valence-corrected chi connectivity index (χ1v) is 11.6. The molecule has 0 spiro atoms. The van der Waals surface area contributed by atoms with Crippen LogP contribution >= 0.6 is 34.4 Å². The van der Waals surface area contributed by atoms with Crippen LogP contribution in [0, 0.1) is 0 Å². The lowest BCUT2D eigenvalue weighted by atomic mass is 10.2. The molecular formula is C20H19N5OS3. The van der Waals surface area contributed by atoms with Crippen molar-refractivity contribution in [3.05, 3.63) is 71.2 Å². The molecular weight excluding hydrogens is 422 g/mol. The third-order valence-electron chi connectivity index (χ3n) is 3.93. The predicted molar refractivity (Wildman–Crippen MR) is 122 cm³/mol. The second kappa shape index (κ2) is 9.73. The van der Waals surface area contributed by atoms with E-state index in [1.165, 1.54) is 0 Å². The van der Waals surface area contributed by atoms with Crippen molar-refractivity contribution < 1.29 is 4.74 Å². The molecule has 6 nitrogen and oxygen atoms in total. The summed E-state index contributed by atoms with van der Waals surface area (Å²) < 4.78 is 6.10. The minimum Gasteiger partial charge on any atom is -0.497 e. The van der Waals surface area contributed by atoms with Crippen LogP contribution in [0.5, 0.6) is 5.75 Å². The van der Waals surface area contributed by atoms with Crippen molar-refractivity contribution in [3.63, 3.8) is 0 Å². The van der Waals surface area contributed by atoms with E-state index < -0.39 is 0 Å². The Bertz CT molecular complexity index is 1030. The number of ether oxygens (including phenoxy) is 1.